The van der Waals surface area contributed by atoms with Gasteiger partial charge in [-0.15, -0.1) is 0 Å². The van der Waals surface area contributed by atoms with Crippen molar-refractivity contribution in [3.05, 3.63) is 103 Å². The fraction of sp³-hybridized carbons (Fsp3) is 0.0400. The number of para-hydroxylation sites is 2. The van der Waals surface area contributed by atoms with Gasteiger partial charge in [-0.3, -0.25) is 9.38 Å². The average molecular weight is 393 g/mol. The van der Waals surface area contributed by atoms with Gasteiger partial charge in [-0.1, -0.05) is 48.5 Å². The maximum Gasteiger partial charge on any atom is 0.155 e. The molecule has 0 radical (unpaired) electrons. The van der Waals surface area contributed by atoms with Crippen LogP contribution in [0.2, 0.25) is 0 Å². The molecule has 0 atom stereocenters. The number of ether oxygens (including phenoxy) is 1. The molecule has 0 saturated heterocycles. The molecule has 0 aliphatic heterocycles. The molecule has 0 bridgehead atoms. The maximum atomic E-state index is 9.47. The first-order chi connectivity index (χ1) is 14.8. The third kappa shape index (κ3) is 3.43. The third-order valence-corrected chi connectivity index (χ3v) is 4.94. The highest BCUT2D eigenvalue weighted by Crippen LogP contribution is 2.33. The predicted octanol–water partition coefficient (Wildman–Crippen LogP) is 5.35. The Balaban J connectivity index is 1.59. The molecule has 1 N–H and O–H groups in total. The monoisotopic (exact) mass is 393 g/mol. The minimum absolute atomic E-state index is 0.00157. The van der Waals surface area contributed by atoms with Crippen molar-refractivity contribution in [2.24, 2.45) is 0 Å². The van der Waals surface area contributed by atoms with Gasteiger partial charge < -0.3 is 9.84 Å². The van der Waals surface area contributed by atoms with E-state index in [1.807, 2.05) is 95.7 Å². The SMILES string of the molecule is OCc1cccc(-c2cnc3cnc(-c4ccccc4Oc4ccccc4)cn23)c1. The van der Waals surface area contributed by atoms with Crippen LogP contribution < -0.4 is 4.74 Å². The molecule has 0 spiro atoms. The molecule has 0 aliphatic carbocycles. The third-order valence-electron chi connectivity index (χ3n) is 4.94. The molecule has 2 aromatic heterocycles. The van der Waals surface area contributed by atoms with Gasteiger partial charge in [0.15, 0.2) is 5.65 Å². The highest BCUT2D eigenvalue weighted by atomic mass is 16.5. The summed E-state index contributed by atoms with van der Waals surface area (Å²) in [5, 5.41) is 9.47. The van der Waals surface area contributed by atoms with Crippen LogP contribution in [0.25, 0.3) is 28.2 Å². The number of benzene rings is 3. The zero-order chi connectivity index (χ0) is 20.3. The summed E-state index contributed by atoms with van der Waals surface area (Å²) in [4.78, 5) is 9.10. The number of aromatic nitrogens is 3. The van der Waals surface area contributed by atoms with Crippen molar-refractivity contribution in [3.63, 3.8) is 0 Å². The molecule has 0 saturated carbocycles. The van der Waals surface area contributed by atoms with Crippen LogP contribution >= 0.6 is 0 Å². The van der Waals surface area contributed by atoms with E-state index in [4.69, 9.17) is 4.74 Å². The molecule has 5 nitrogen and oxygen atoms in total. The molecular weight excluding hydrogens is 374 g/mol. The summed E-state index contributed by atoms with van der Waals surface area (Å²) < 4.78 is 8.12. The smallest absolute Gasteiger partial charge is 0.155 e. The van der Waals surface area contributed by atoms with Gasteiger partial charge in [0.2, 0.25) is 0 Å². The number of aliphatic hydroxyl groups is 1. The van der Waals surface area contributed by atoms with Crippen LogP contribution in [0.4, 0.5) is 0 Å². The summed E-state index contributed by atoms with van der Waals surface area (Å²) in [6.07, 6.45) is 5.55. The molecule has 0 amide bonds. The largest absolute Gasteiger partial charge is 0.457 e. The summed E-state index contributed by atoms with van der Waals surface area (Å²) in [5.74, 6) is 1.51. The zero-order valence-electron chi connectivity index (χ0n) is 16.1. The van der Waals surface area contributed by atoms with Gasteiger partial charge in [-0.2, -0.15) is 0 Å². The number of imidazole rings is 1. The Morgan fingerprint density at radius 1 is 0.833 bits per heavy atom. The number of hydrogen-bond donors (Lipinski definition) is 1. The highest BCUT2D eigenvalue weighted by molar-refractivity contribution is 5.70. The van der Waals surface area contributed by atoms with Crippen molar-refractivity contribution in [2.75, 3.05) is 0 Å². The van der Waals surface area contributed by atoms with E-state index in [0.717, 1.165) is 45.2 Å². The molecule has 2 heterocycles. The van der Waals surface area contributed by atoms with Crippen molar-refractivity contribution in [2.45, 2.75) is 6.61 Å². The van der Waals surface area contributed by atoms with E-state index in [9.17, 15) is 5.11 Å². The van der Waals surface area contributed by atoms with Crippen molar-refractivity contribution in [1.82, 2.24) is 14.4 Å². The molecule has 0 fully saturated rings. The van der Waals surface area contributed by atoms with Crippen LogP contribution in [-0.2, 0) is 6.61 Å². The molecule has 5 aromatic rings. The van der Waals surface area contributed by atoms with E-state index in [0.29, 0.717) is 0 Å². The molecule has 30 heavy (non-hydrogen) atoms. The quantitative estimate of drug-likeness (QED) is 0.437. The molecule has 0 aliphatic rings. The highest BCUT2D eigenvalue weighted by Gasteiger charge is 2.12. The number of nitrogens with zero attached hydrogens (tertiary/aromatic N) is 3. The number of hydrogen-bond acceptors (Lipinski definition) is 4. The Morgan fingerprint density at radius 2 is 1.67 bits per heavy atom. The van der Waals surface area contributed by atoms with Gasteiger partial charge in [0.25, 0.3) is 0 Å². The van der Waals surface area contributed by atoms with E-state index in [2.05, 4.69) is 9.97 Å². The van der Waals surface area contributed by atoms with E-state index in [-0.39, 0.29) is 6.61 Å². The topological polar surface area (TPSA) is 59.7 Å². The van der Waals surface area contributed by atoms with Crippen LogP contribution in [0.15, 0.2) is 97.5 Å². The Bertz CT molecular complexity index is 1310. The first kappa shape index (κ1) is 18.1. The molecule has 146 valence electrons. The van der Waals surface area contributed by atoms with Gasteiger partial charge in [-0.25, -0.2) is 4.98 Å². The minimum Gasteiger partial charge on any atom is -0.457 e. The lowest BCUT2D eigenvalue weighted by molar-refractivity contribution is 0.282. The van der Waals surface area contributed by atoms with E-state index in [1.54, 1.807) is 6.20 Å². The van der Waals surface area contributed by atoms with E-state index in [1.165, 1.54) is 0 Å². The molecule has 5 heteroatoms. The van der Waals surface area contributed by atoms with Crippen LogP contribution in [0.1, 0.15) is 5.56 Å². The predicted molar refractivity (Wildman–Crippen MR) is 116 cm³/mol. The van der Waals surface area contributed by atoms with Crippen molar-refractivity contribution in [1.29, 1.82) is 0 Å². The second kappa shape index (κ2) is 7.81. The maximum absolute atomic E-state index is 9.47. The first-order valence-electron chi connectivity index (χ1n) is 9.67. The fourth-order valence-corrected chi connectivity index (χ4v) is 3.45. The van der Waals surface area contributed by atoms with E-state index >= 15 is 0 Å². The van der Waals surface area contributed by atoms with Crippen LogP contribution in [0, 0.1) is 0 Å². The summed E-state index contributed by atoms with van der Waals surface area (Å²) in [5.41, 5.74) is 5.21. The zero-order valence-corrected chi connectivity index (χ0v) is 16.1. The molecule has 5 rings (SSSR count). The molecular formula is C25H19N3O2. The average Bonchev–Trinajstić information content (AvgIpc) is 3.23. The lowest BCUT2D eigenvalue weighted by atomic mass is 10.1. The summed E-state index contributed by atoms with van der Waals surface area (Å²) >= 11 is 0. The van der Waals surface area contributed by atoms with Gasteiger partial charge in [0, 0.05) is 17.3 Å². The van der Waals surface area contributed by atoms with Crippen LogP contribution in [-0.4, -0.2) is 19.5 Å². The van der Waals surface area contributed by atoms with Gasteiger partial charge in [0.1, 0.15) is 11.5 Å². The van der Waals surface area contributed by atoms with Gasteiger partial charge >= 0.3 is 0 Å². The standard InChI is InChI=1S/C25H19N3O2/c29-17-18-7-6-8-19(13-18)23-14-27-25-15-26-22(16-28(23)25)21-11-4-5-12-24(21)30-20-9-2-1-3-10-20/h1-16,29H,17H2. The number of aliphatic hydroxyl groups excluding tert-OH is 1. The Morgan fingerprint density at radius 3 is 2.53 bits per heavy atom. The summed E-state index contributed by atoms with van der Waals surface area (Å²) in [6, 6.07) is 25.4. The lowest BCUT2D eigenvalue weighted by Crippen LogP contribution is -1.95. The van der Waals surface area contributed by atoms with Crippen molar-refractivity contribution < 1.29 is 9.84 Å². The van der Waals surface area contributed by atoms with E-state index < -0.39 is 0 Å². The number of fused-ring (bicyclic) bond motifs is 1. The Hall–Kier alpha value is -3.96. The van der Waals surface area contributed by atoms with Gasteiger partial charge in [0.05, 0.1) is 30.4 Å². The molecule has 3 aromatic carbocycles. The van der Waals surface area contributed by atoms with Crippen molar-refractivity contribution in [3.8, 4) is 34.0 Å². The second-order valence-corrected chi connectivity index (χ2v) is 6.91. The fourth-order valence-electron chi connectivity index (χ4n) is 3.45. The minimum atomic E-state index is 0.00157. The Kier molecular flexibility index (Phi) is 4.71. The first-order valence-corrected chi connectivity index (χ1v) is 9.67. The summed E-state index contributed by atoms with van der Waals surface area (Å²) in [7, 11) is 0. The van der Waals surface area contributed by atoms with Gasteiger partial charge in [-0.05, 0) is 35.9 Å². The lowest BCUT2D eigenvalue weighted by Gasteiger charge is -2.11. The second-order valence-electron chi connectivity index (χ2n) is 6.91. The van der Waals surface area contributed by atoms with Crippen molar-refractivity contribution >= 4 is 5.65 Å². The molecule has 0 unspecified atom stereocenters. The van der Waals surface area contributed by atoms with Crippen LogP contribution in [0.3, 0.4) is 0 Å². The summed E-state index contributed by atoms with van der Waals surface area (Å²) in [6.45, 7) is 0.00157. The normalized spacial score (nSPS) is 11.0. The van der Waals surface area contributed by atoms with Crippen LogP contribution in [0.5, 0.6) is 11.5 Å². The number of rotatable bonds is 5. The Labute approximate surface area is 173 Å².